The molecule has 0 radical (unpaired) electrons. The Kier molecular flexibility index (Phi) is 7.60. The number of hydrogen-bond donors (Lipinski definition) is 0. The summed E-state index contributed by atoms with van der Waals surface area (Å²) < 4.78 is 19.7. The minimum atomic E-state index is -0.413. The molecule has 196 valence electrons. The van der Waals surface area contributed by atoms with Crippen LogP contribution in [0.4, 0.5) is 4.39 Å². The first-order valence-corrected chi connectivity index (χ1v) is 12.4. The Balaban J connectivity index is 0.000000158. The van der Waals surface area contributed by atoms with Gasteiger partial charge in [-0.3, -0.25) is 9.36 Å². The molecule has 0 bridgehead atoms. The number of benzene rings is 3. The van der Waals surface area contributed by atoms with Gasteiger partial charge in [0.2, 0.25) is 0 Å². The van der Waals surface area contributed by atoms with E-state index in [1.807, 2.05) is 25.4 Å². The fraction of sp³-hybridized carbons (Fsp3) is 0.138. The van der Waals surface area contributed by atoms with Gasteiger partial charge in [0.15, 0.2) is 5.49 Å². The van der Waals surface area contributed by atoms with Crippen LogP contribution in [-0.4, -0.2) is 44.7 Å². The maximum Gasteiger partial charge on any atom is 0.267 e. The number of rotatable bonds is 4. The number of ether oxygens (including phenoxy) is 1. The maximum absolute atomic E-state index is 13.2. The highest BCUT2D eigenvalue weighted by atomic mass is 35.5. The molecule has 0 amide bonds. The predicted molar refractivity (Wildman–Crippen MR) is 148 cm³/mol. The molecule has 39 heavy (non-hydrogen) atoms. The van der Waals surface area contributed by atoms with E-state index in [-0.39, 0.29) is 11.7 Å². The Morgan fingerprint density at radius 2 is 1.85 bits per heavy atom. The Morgan fingerprint density at radius 3 is 2.62 bits per heavy atom. The van der Waals surface area contributed by atoms with E-state index in [9.17, 15) is 9.18 Å². The lowest BCUT2D eigenvalue weighted by Gasteiger charge is -2.25. The number of nitrogens with zero attached hydrogens (tertiary/aromatic N) is 6. The summed E-state index contributed by atoms with van der Waals surface area (Å²) in [6.45, 7) is 0. The first kappa shape index (κ1) is 26.0. The summed E-state index contributed by atoms with van der Waals surface area (Å²) >= 11 is 6.03. The minimum absolute atomic E-state index is 0.0609. The molecule has 0 aliphatic carbocycles. The summed E-state index contributed by atoms with van der Waals surface area (Å²) in [4.78, 5) is 31.5. The highest BCUT2D eigenvalue weighted by molar-refractivity contribution is 6.35. The second-order valence-corrected chi connectivity index (χ2v) is 9.20. The van der Waals surface area contributed by atoms with Gasteiger partial charge in [0.1, 0.15) is 30.4 Å². The zero-order valence-electron chi connectivity index (χ0n) is 21.2. The van der Waals surface area contributed by atoms with Gasteiger partial charge in [0, 0.05) is 25.9 Å². The van der Waals surface area contributed by atoms with E-state index in [0.717, 1.165) is 22.9 Å². The van der Waals surface area contributed by atoms with Crippen molar-refractivity contribution in [2.45, 2.75) is 12.6 Å². The smallest absolute Gasteiger partial charge is 0.267 e. The first-order valence-electron chi connectivity index (χ1n) is 12.1. The van der Waals surface area contributed by atoms with Crippen molar-refractivity contribution in [3.63, 3.8) is 0 Å². The van der Waals surface area contributed by atoms with Gasteiger partial charge in [-0.05, 0) is 48.0 Å². The number of hydrogen-bond acceptors (Lipinski definition) is 7. The van der Waals surface area contributed by atoms with Gasteiger partial charge >= 0.3 is 0 Å². The zero-order chi connectivity index (χ0) is 27.4. The molecule has 3 heterocycles. The molecule has 1 unspecified atom stereocenters. The van der Waals surface area contributed by atoms with Crippen LogP contribution in [0.5, 0.6) is 5.75 Å². The molecule has 5 aromatic rings. The van der Waals surface area contributed by atoms with E-state index >= 15 is 0 Å². The summed E-state index contributed by atoms with van der Waals surface area (Å²) in [6.07, 6.45) is 7.62. The van der Waals surface area contributed by atoms with Crippen LogP contribution < -0.4 is 21.0 Å². The molecule has 0 fully saturated rings. The zero-order valence-corrected chi connectivity index (χ0v) is 22.0. The Labute approximate surface area is 228 Å². The summed E-state index contributed by atoms with van der Waals surface area (Å²) in [5.74, 6) is 0.455. The van der Waals surface area contributed by atoms with Gasteiger partial charge in [0.05, 0.1) is 33.9 Å². The number of likely N-dealkylation sites (N-methyl/N-ethyl adjacent to an activating group) is 1. The average Bonchev–Trinajstić information content (AvgIpc) is 2.94. The van der Waals surface area contributed by atoms with E-state index in [1.54, 1.807) is 37.6 Å². The average molecular weight is 543 g/mol. The molecular formula is C29H24ClFN6O2. The molecule has 3 aromatic carbocycles. The predicted octanol–water partition coefficient (Wildman–Crippen LogP) is 3.54. The molecule has 1 aliphatic heterocycles. The molecule has 0 spiro atoms. The van der Waals surface area contributed by atoms with Crippen molar-refractivity contribution in [2.24, 2.45) is 4.99 Å². The highest BCUT2D eigenvalue weighted by Gasteiger charge is 2.15. The van der Waals surface area contributed by atoms with Gasteiger partial charge in [-0.25, -0.2) is 24.3 Å². The van der Waals surface area contributed by atoms with E-state index in [0.29, 0.717) is 21.6 Å². The first-order chi connectivity index (χ1) is 18.9. The van der Waals surface area contributed by atoms with Crippen molar-refractivity contribution < 1.29 is 9.13 Å². The van der Waals surface area contributed by atoms with Gasteiger partial charge in [-0.2, -0.15) is 0 Å². The standard InChI is InChI=1S/C15H16N4O.C14H8ClFN2O/c1-19-9-12-8-16-10-17-15(12)18-14(19)7-11-3-5-13(20-2)6-4-11;15-11-5-2-6-12-13(11)14(19)18(8-17-12)10-4-1-3-9(16)7-10/h3-6,8-10,14H,7H2,1-2H3;1-8H. The fourth-order valence-electron chi connectivity index (χ4n) is 4.17. The van der Waals surface area contributed by atoms with Crippen molar-refractivity contribution in [3.8, 4) is 11.4 Å². The number of methoxy groups -OCH3 is 1. The third kappa shape index (κ3) is 5.78. The lowest BCUT2D eigenvalue weighted by atomic mass is 10.1. The van der Waals surface area contributed by atoms with Crippen molar-refractivity contribution in [1.29, 1.82) is 0 Å². The largest absolute Gasteiger partial charge is 0.497 e. The fourth-order valence-corrected chi connectivity index (χ4v) is 4.42. The third-order valence-electron chi connectivity index (χ3n) is 6.20. The Hall–Kier alpha value is -4.63. The van der Waals surface area contributed by atoms with Crippen LogP contribution in [0.2, 0.25) is 5.02 Å². The van der Waals surface area contributed by atoms with Crippen LogP contribution in [0.3, 0.4) is 0 Å². The SMILES string of the molecule is COc1ccc(CC2N=c3ncncc3=CN2C)cc1.O=c1c2c(Cl)cccc2ncn1-c1cccc(F)c1. The second-order valence-electron chi connectivity index (χ2n) is 8.79. The monoisotopic (exact) mass is 542 g/mol. The van der Waals surface area contributed by atoms with Crippen molar-refractivity contribution >= 4 is 28.7 Å². The van der Waals surface area contributed by atoms with E-state index in [1.165, 1.54) is 41.0 Å². The van der Waals surface area contributed by atoms with Crippen molar-refractivity contribution in [1.82, 2.24) is 24.4 Å². The molecule has 10 heteroatoms. The topological polar surface area (TPSA) is 85.5 Å². The lowest BCUT2D eigenvalue weighted by molar-refractivity contribution is 0.350. The molecule has 0 N–H and O–H groups in total. The molecule has 2 aromatic heterocycles. The van der Waals surface area contributed by atoms with Gasteiger partial charge in [0.25, 0.3) is 5.56 Å². The Morgan fingerprint density at radius 1 is 1.05 bits per heavy atom. The van der Waals surface area contributed by atoms with Crippen LogP contribution in [0.15, 0.2) is 95.4 Å². The van der Waals surface area contributed by atoms with Crippen LogP contribution >= 0.6 is 11.6 Å². The summed E-state index contributed by atoms with van der Waals surface area (Å²) in [6, 6.07) is 18.9. The molecule has 6 rings (SSSR count). The van der Waals surface area contributed by atoms with Crippen molar-refractivity contribution in [2.75, 3.05) is 14.2 Å². The second kappa shape index (κ2) is 11.4. The van der Waals surface area contributed by atoms with Crippen LogP contribution in [0.25, 0.3) is 22.8 Å². The molecule has 1 atom stereocenters. The van der Waals surface area contributed by atoms with E-state index < -0.39 is 5.82 Å². The number of aromatic nitrogens is 4. The van der Waals surface area contributed by atoms with Gasteiger partial charge in [-0.15, -0.1) is 0 Å². The lowest BCUT2D eigenvalue weighted by Crippen LogP contribution is -2.42. The van der Waals surface area contributed by atoms with Crippen molar-refractivity contribution in [3.05, 3.63) is 123 Å². The van der Waals surface area contributed by atoms with E-state index in [4.69, 9.17) is 16.3 Å². The molecule has 0 saturated heterocycles. The molecule has 1 aliphatic rings. The van der Waals surface area contributed by atoms with Crippen LogP contribution in [0, 0.1) is 5.82 Å². The van der Waals surface area contributed by atoms with Crippen LogP contribution in [-0.2, 0) is 6.42 Å². The normalized spacial score (nSPS) is 13.9. The minimum Gasteiger partial charge on any atom is -0.497 e. The van der Waals surface area contributed by atoms with Gasteiger partial charge < -0.3 is 9.64 Å². The molecular weight excluding hydrogens is 519 g/mol. The summed E-state index contributed by atoms with van der Waals surface area (Å²) in [7, 11) is 3.69. The summed E-state index contributed by atoms with van der Waals surface area (Å²) in [5, 5.41) is 1.62. The van der Waals surface area contributed by atoms with E-state index in [2.05, 4.69) is 37.0 Å². The summed E-state index contributed by atoms with van der Waals surface area (Å²) in [5.41, 5.74) is 2.60. The third-order valence-corrected chi connectivity index (χ3v) is 6.52. The maximum atomic E-state index is 13.2. The molecule has 8 nitrogen and oxygen atoms in total. The highest BCUT2D eigenvalue weighted by Crippen LogP contribution is 2.19. The van der Waals surface area contributed by atoms with Crippen LogP contribution in [0.1, 0.15) is 5.56 Å². The molecule has 0 saturated carbocycles. The quantitative estimate of drug-likeness (QED) is 0.345. The number of halogens is 2. The Bertz CT molecular complexity index is 1810. The van der Waals surface area contributed by atoms with Gasteiger partial charge in [-0.1, -0.05) is 35.9 Å². The number of fused-ring (bicyclic) bond motifs is 2.